The minimum absolute atomic E-state index is 0.176. The van der Waals surface area contributed by atoms with Crippen LogP contribution in [0.3, 0.4) is 0 Å². The number of aryl methyl sites for hydroxylation is 1. The highest BCUT2D eigenvalue weighted by Crippen LogP contribution is 2.18. The van der Waals surface area contributed by atoms with E-state index in [4.69, 9.17) is 0 Å². The summed E-state index contributed by atoms with van der Waals surface area (Å²) in [7, 11) is -3.50. The first-order chi connectivity index (χ1) is 14.3. The second-order valence-corrected chi connectivity index (χ2v) is 10.1. The molecule has 0 spiro atoms. The molecule has 0 bridgehead atoms. The van der Waals surface area contributed by atoms with Crippen molar-refractivity contribution in [3.63, 3.8) is 0 Å². The third-order valence-electron chi connectivity index (χ3n) is 4.97. The van der Waals surface area contributed by atoms with Gasteiger partial charge in [-0.3, -0.25) is 9.69 Å². The first-order valence-corrected chi connectivity index (χ1v) is 11.9. The fraction of sp³-hybridized carbons (Fsp3) is 0.333. The molecule has 0 aromatic heterocycles. The molecule has 1 saturated heterocycles. The molecule has 9 heteroatoms. The second-order valence-electron chi connectivity index (χ2n) is 7.23. The summed E-state index contributed by atoms with van der Waals surface area (Å²) in [5.41, 5.74) is 5.23. The van der Waals surface area contributed by atoms with E-state index < -0.39 is 10.0 Å². The number of nitrogens with zero attached hydrogens (tertiary/aromatic N) is 3. The van der Waals surface area contributed by atoms with Gasteiger partial charge in [-0.05, 0) is 43.7 Å². The lowest BCUT2D eigenvalue weighted by Crippen LogP contribution is -2.50. The van der Waals surface area contributed by atoms with Crippen molar-refractivity contribution in [2.24, 2.45) is 5.10 Å². The Bertz CT molecular complexity index is 1010. The van der Waals surface area contributed by atoms with Gasteiger partial charge in [0.05, 0.1) is 17.2 Å². The molecule has 30 heavy (non-hydrogen) atoms. The lowest BCUT2D eigenvalue weighted by molar-refractivity contribution is -0.122. The van der Waals surface area contributed by atoms with E-state index in [-0.39, 0.29) is 12.5 Å². The molecular weight excluding hydrogens is 468 g/mol. The Balaban J connectivity index is 1.50. The van der Waals surface area contributed by atoms with Crippen LogP contribution in [-0.2, 0) is 14.8 Å². The highest BCUT2D eigenvalue weighted by Gasteiger charge is 2.28. The molecule has 0 saturated carbocycles. The zero-order valence-electron chi connectivity index (χ0n) is 17.0. The van der Waals surface area contributed by atoms with E-state index in [1.54, 1.807) is 24.3 Å². The number of benzene rings is 2. The molecule has 1 aliphatic rings. The van der Waals surface area contributed by atoms with Crippen LogP contribution >= 0.6 is 15.9 Å². The van der Waals surface area contributed by atoms with E-state index in [1.807, 2.05) is 43.0 Å². The minimum Gasteiger partial charge on any atom is -0.292 e. The maximum absolute atomic E-state index is 12.8. The van der Waals surface area contributed by atoms with E-state index in [2.05, 4.69) is 26.5 Å². The molecule has 1 N–H and O–H groups in total. The van der Waals surface area contributed by atoms with Gasteiger partial charge in [-0.15, -0.1) is 0 Å². The number of carbonyl (C=O) groups excluding carboxylic acids is 1. The van der Waals surface area contributed by atoms with Gasteiger partial charge in [-0.1, -0.05) is 45.8 Å². The highest BCUT2D eigenvalue weighted by atomic mass is 79.9. The lowest BCUT2D eigenvalue weighted by Gasteiger charge is -2.33. The largest absolute Gasteiger partial charge is 0.292 e. The first-order valence-electron chi connectivity index (χ1n) is 9.64. The van der Waals surface area contributed by atoms with Crippen LogP contribution in [0.4, 0.5) is 0 Å². The van der Waals surface area contributed by atoms with Gasteiger partial charge in [0, 0.05) is 30.7 Å². The van der Waals surface area contributed by atoms with Gasteiger partial charge < -0.3 is 0 Å². The molecule has 1 fully saturated rings. The molecule has 0 radical (unpaired) electrons. The summed E-state index contributed by atoms with van der Waals surface area (Å²) in [5.74, 6) is -0.221. The number of rotatable bonds is 6. The second kappa shape index (κ2) is 9.82. The van der Waals surface area contributed by atoms with E-state index in [0.717, 1.165) is 15.6 Å². The number of nitrogens with one attached hydrogen (secondary N) is 1. The predicted molar refractivity (Wildman–Crippen MR) is 121 cm³/mol. The summed E-state index contributed by atoms with van der Waals surface area (Å²) in [6, 6.07) is 14.5. The Morgan fingerprint density at radius 3 is 2.23 bits per heavy atom. The van der Waals surface area contributed by atoms with E-state index in [1.165, 1.54) is 4.31 Å². The number of hydrogen-bond donors (Lipinski definition) is 1. The third-order valence-corrected chi connectivity index (χ3v) is 7.41. The van der Waals surface area contributed by atoms with Crippen molar-refractivity contribution in [2.45, 2.75) is 18.7 Å². The van der Waals surface area contributed by atoms with Crippen LogP contribution in [0.25, 0.3) is 0 Å². The van der Waals surface area contributed by atoms with E-state index >= 15 is 0 Å². The highest BCUT2D eigenvalue weighted by molar-refractivity contribution is 9.10. The molecule has 1 heterocycles. The molecule has 1 aliphatic heterocycles. The van der Waals surface area contributed by atoms with Crippen molar-refractivity contribution in [1.82, 2.24) is 14.6 Å². The summed E-state index contributed by atoms with van der Waals surface area (Å²) in [4.78, 5) is 14.5. The topological polar surface area (TPSA) is 82.1 Å². The molecule has 0 unspecified atom stereocenters. The normalized spacial score (nSPS) is 16.4. The fourth-order valence-corrected chi connectivity index (χ4v) is 4.81. The number of hydrazone groups is 1. The lowest BCUT2D eigenvalue weighted by atomic mass is 10.1. The third kappa shape index (κ3) is 5.75. The van der Waals surface area contributed by atoms with Crippen LogP contribution in [0, 0.1) is 6.92 Å². The average Bonchev–Trinajstić information content (AvgIpc) is 2.73. The molecule has 2 aromatic rings. The summed E-state index contributed by atoms with van der Waals surface area (Å²) in [5, 5.41) is 4.16. The van der Waals surface area contributed by atoms with Gasteiger partial charge in [-0.2, -0.15) is 9.41 Å². The average molecular weight is 493 g/mol. The first kappa shape index (κ1) is 22.6. The molecule has 7 nitrogen and oxygen atoms in total. The fourth-order valence-electron chi connectivity index (χ4n) is 3.13. The standard InChI is InChI=1S/C21H25BrN4O3S/c1-16-3-9-20(10-4-16)30(28,29)26-13-11-25(12-14-26)15-21(27)24-23-17(2)18-5-7-19(22)8-6-18/h3-10H,11-15H2,1-2H3,(H,24,27)/b23-17+. The number of piperazine rings is 1. The molecule has 160 valence electrons. The number of hydrogen-bond acceptors (Lipinski definition) is 5. The molecule has 2 aromatic carbocycles. The van der Waals surface area contributed by atoms with Crippen LogP contribution in [-0.4, -0.2) is 62.0 Å². The van der Waals surface area contributed by atoms with Gasteiger partial charge in [0.2, 0.25) is 10.0 Å². The summed E-state index contributed by atoms with van der Waals surface area (Å²) >= 11 is 3.39. The van der Waals surface area contributed by atoms with Crippen LogP contribution in [0.1, 0.15) is 18.1 Å². The van der Waals surface area contributed by atoms with Crippen molar-refractivity contribution < 1.29 is 13.2 Å². The van der Waals surface area contributed by atoms with Crippen molar-refractivity contribution in [1.29, 1.82) is 0 Å². The Morgan fingerprint density at radius 2 is 1.63 bits per heavy atom. The van der Waals surface area contributed by atoms with Crippen LogP contribution in [0.15, 0.2) is 63.0 Å². The summed E-state index contributed by atoms with van der Waals surface area (Å²) in [6.45, 7) is 5.62. The van der Waals surface area contributed by atoms with Crippen molar-refractivity contribution in [3.05, 3.63) is 64.1 Å². The smallest absolute Gasteiger partial charge is 0.254 e. The van der Waals surface area contributed by atoms with Gasteiger partial charge in [0.15, 0.2) is 0 Å². The number of halogens is 1. The molecule has 3 rings (SSSR count). The van der Waals surface area contributed by atoms with Crippen molar-refractivity contribution in [2.75, 3.05) is 32.7 Å². The quantitative estimate of drug-likeness (QED) is 0.496. The Kier molecular flexibility index (Phi) is 7.41. The number of amides is 1. The van der Waals surface area contributed by atoms with Crippen LogP contribution < -0.4 is 5.43 Å². The van der Waals surface area contributed by atoms with E-state index in [9.17, 15) is 13.2 Å². The van der Waals surface area contributed by atoms with Crippen LogP contribution in [0.2, 0.25) is 0 Å². The van der Waals surface area contributed by atoms with Gasteiger partial charge >= 0.3 is 0 Å². The predicted octanol–water partition coefficient (Wildman–Crippen LogP) is 2.60. The zero-order valence-corrected chi connectivity index (χ0v) is 19.4. The number of carbonyl (C=O) groups is 1. The van der Waals surface area contributed by atoms with Crippen LogP contribution in [0.5, 0.6) is 0 Å². The summed E-state index contributed by atoms with van der Waals surface area (Å²) < 4.78 is 28.0. The molecule has 0 aliphatic carbocycles. The zero-order chi connectivity index (χ0) is 21.7. The molecule has 1 amide bonds. The Labute approximate surface area is 185 Å². The van der Waals surface area contributed by atoms with E-state index in [0.29, 0.717) is 36.8 Å². The van der Waals surface area contributed by atoms with Gasteiger partial charge in [0.1, 0.15) is 0 Å². The summed E-state index contributed by atoms with van der Waals surface area (Å²) in [6.07, 6.45) is 0. The molecule has 0 atom stereocenters. The minimum atomic E-state index is -3.50. The Morgan fingerprint density at radius 1 is 1.03 bits per heavy atom. The maximum atomic E-state index is 12.8. The number of sulfonamides is 1. The molecular formula is C21H25BrN4O3S. The van der Waals surface area contributed by atoms with Gasteiger partial charge in [-0.25, -0.2) is 13.8 Å². The van der Waals surface area contributed by atoms with Crippen molar-refractivity contribution in [3.8, 4) is 0 Å². The van der Waals surface area contributed by atoms with Crippen molar-refractivity contribution >= 4 is 37.6 Å². The monoisotopic (exact) mass is 492 g/mol. The SMILES string of the molecule is C/C(=N\NC(=O)CN1CCN(S(=O)(=O)c2ccc(C)cc2)CC1)c1ccc(Br)cc1. The van der Waals surface area contributed by atoms with Gasteiger partial charge in [0.25, 0.3) is 5.91 Å². The maximum Gasteiger partial charge on any atom is 0.254 e. The Hall–Kier alpha value is -2.07.